The Kier molecular flexibility index (Phi) is 7.57. The van der Waals surface area contributed by atoms with E-state index in [2.05, 4.69) is 17.2 Å². The minimum atomic E-state index is -0.385. The van der Waals surface area contributed by atoms with Crippen LogP contribution in [0, 0.1) is 0 Å². The Labute approximate surface area is 179 Å². The van der Waals surface area contributed by atoms with E-state index in [0.29, 0.717) is 28.6 Å². The molecule has 30 heavy (non-hydrogen) atoms. The summed E-state index contributed by atoms with van der Waals surface area (Å²) in [7, 11) is 1.35. The maximum atomic E-state index is 12.6. The summed E-state index contributed by atoms with van der Waals surface area (Å²) in [5.41, 5.74) is 2.56. The first-order chi connectivity index (χ1) is 14.6. The fourth-order valence-electron chi connectivity index (χ4n) is 2.80. The van der Waals surface area contributed by atoms with Crippen LogP contribution in [0.15, 0.2) is 53.9 Å². The van der Waals surface area contributed by atoms with Crippen LogP contribution in [0.3, 0.4) is 0 Å². The molecule has 3 rings (SSSR count). The summed E-state index contributed by atoms with van der Waals surface area (Å²) in [6.45, 7) is 2.79. The monoisotopic (exact) mass is 424 g/mol. The molecule has 0 atom stereocenters. The molecule has 0 unspecified atom stereocenters. The smallest absolute Gasteiger partial charge is 0.337 e. The van der Waals surface area contributed by atoms with Crippen molar-refractivity contribution in [2.75, 3.05) is 19.0 Å². The lowest BCUT2D eigenvalue weighted by Crippen LogP contribution is -2.12. The molecule has 1 N–H and O–H groups in total. The van der Waals surface area contributed by atoms with E-state index in [1.807, 2.05) is 11.4 Å². The SMILES string of the molecule is CCCCCOc1cccc(C(=O)Nc2nc(-c3ccc(C(=O)OC)cc3)cs2)c1. The van der Waals surface area contributed by atoms with Crippen molar-refractivity contribution in [1.82, 2.24) is 4.98 Å². The number of rotatable bonds is 9. The van der Waals surface area contributed by atoms with Crippen LogP contribution in [0.2, 0.25) is 0 Å². The van der Waals surface area contributed by atoms with E-state index in [4.69, 9.17) is 9.47 Å². The first kappa shape index (κ1) is 21.5. The number of hydrogen-bond acceptors (Lipinski definition) is 6. The van der Waals surface area contributed by atoms with Crippen LogP contribution in [0.5, 0.6) is 5.75 Å². The van der Waals surface area contributed by atoms with Gasteiger partial charge in [0.05, 0.1) is 25.0 Å². The molecule has 0 bridgehead atoms. The van der Waals surface area contributed by atoms with E-state index >= 15 is 0 Å². The number of thiazole rings is 1. The summed E-state index contributed by atoms with van der Waals surface area (Å²) in [5, 5.41) is 5.19. The molecule has 156 valence electrons. The van der Waals surface area contributed by atoms with E-state index in [1.165, 1.54) is 18.4 Å². The standard InChI is InChI=1S/C23H24N2O4S/c1-3-4-5-13-29-19-8-6-7-18(14-19)21(26)25-23-24-20(15-30-23)16-9-11-17(12-10-16)22(27)28-2/h6-12,14-15H,3-5,13H2,1-2H3,(H,24,25,26). The number of ether oxygens (including phenoxy) is 2. The number of nitrogens with one attached hydrogen (secondary N) is 1. The van der Waals surface area contributed by atoms with Gasteiger partial charge in [-0.25, -0.2) is 9.78 Å². The highest BCUT2D eigenvalue weighted by atomic mass is 32.1. The fraction of sp³-hybridized carbons (Fsp3) is 0.261. The van der Waals surface area contributed by atoms with Crippen LogP contribution in [0.25, 0.3) is 11.3 Å². The van der Waals surface area contributed by atoms with Crippen molar-refractivity contribution in [3.63, 3.8) is 0 Å². The van der Waals surface area contributed by atoms with Crippen LogP contribution in [0.4, 0.5) is 5.13 Å². The number of nitrogens with zero attached hydrogens (tertiary/aromatic N) is 1. The second-order valence-corrected chi connectivity index (χ2v) is 7.50. The maximum absolute atomic E-state index is 12.6. The Hall–Kier alpha value is -3.19. The Morgan fingerprint density at radius 2 is 1.87 bits per heavy atom. The fourth-order valence-corrected chi connectivity index (χ4v) is 3.51. The van der Waals surface area contributed by atoms with E-state index in [1.54, 1.807) is 42.5 Å². The zero-order valence-corrected chi connectivity index (χ0v) is 17.8. The Morgan fingerprint density at radius 3 is 2.60 bits per heavy atom. The molecule has 2 aromatic carbocycles. The van der Waals surface area contributed by atoms with Crippen molar-refractivity contribution >= 4 is 28.3 Å². The summed E-state index contributed by atoms with van der Waals surface area (Å²) in [6, 6.07) is 14.1. The van der Waals surface area contributed by atoms with Gasteiger partial charge in [-0.3, -0.25) is 10.1 Å². The molecular weight excluding hydrogens is 400 g/mol. The topological polar surface area (TPSA) is 77.5 Å². The Balaban J connectivity index is 1.63. The van der Waals surface area contributed by atoms with Crippen molar-refractivity contribution in [3.05, 3.63) is 65.0 Å². The van der Waals surface area contributed by atoms with E-state index in [0.717, 1.165) is 30.5 Å². The van der Waals surface area contributed by atoms with Gasteiger partial charge in [0.25, 0.3) is 5.91 Å². The number of anilines is 1. The lowest BCUT2D eigenvalue weighted by atomic mass is 10.1. The van der Waals surface area contributed by atoms with Gasteiger partial charge in [0, 0.05) is 16.5 Å². The maximum Gasteiger partial charge on any atom is 0.337 e. The Morgan fingerprint density at radius 1 is 1.07 bits per heavy atom. The average molecular weight is 425 g/mol. The average Bonchev–Trinajstić information content (AvgIpc) is 3.25. The van der Waals surface area contributed by atoms with Gasteiger partial charge in [-0.1, -0.05) is 38.0 Å². The number of methoxy groups -OCH3 is 1. The lowest BCUT2D eigenvalue weighted by Gasteiger charge is -2.07. The molecule has 0 aliphatic rings. The third-order valence-corrected chi connectivity index (χ3v) is 5.20. The quantitative estimate of drug-likeness (QED) is 0.367. The molecular formula is C23H24N2O4S. The number of amides is 1. The normalized spacial score (nSPS) is 10.5. The summed E-state index contributed by atoms with van der Waals surface area (Å²) in [4.78, 5) is 28.6. The highest BCUT2D eigenvalue weighted by molar-refractivity contribution is 7.14. The predicted molar refractivity (Wildman–Crippen MR) is 118 cm³/mol. The van der Waals surface area contributed by atoms with Crippen molar-refractivity contribution < 1.29 is 19.1 Å². The van der Waals surface area contributed by atoms with E-state index < -0.39 is 0 Å². The third kappa shape index (κ3) is 5.67. The van der Waals surface area contributed by atoms with Gasteiger partial charge in [0.2, 0.25) is 0 Å². The minimum Gasteiger partial charge on any atom is -0.494 e. The van der Waals surface area contributed by atoms with Gasteiger partial charge in [0.15, 0.2) is 5.13 Å². The van der Waals surface area contributed by atoms with Crippen LogP contribution in [-0.2, 0) is 4.74 Å². The second-order valence-electron chi connectivity index (χ2n) is 6.64. The van der Waals surface area contributed by atoms with Gasteiger partial charge < -0.3 is 9.47 Å². The van der Waals surface area contributed by atoms with E-state index in [-0.39, 0.29) is 11.9 Å². The third-order valence-electron chi connectivity index (χ3n) is 4.44. The minimum absolute atomic E-state index is 0.240. The highest BCUT2D eigenvalue weighted by Gasteiger charge is 2.12. The number of carbonyl (C=O) groups excluding carboxylic acids is 2. The molecule has 0 aliphatic heterocycles. The number of benzene rings is 2. The molecule has 1 aromatic heterocycles. The van der Waals surface area contributed by atoms with Gasteiger partial charge in [-0.05, 0) is 36.8 Å². The molecule has 0 radical (unpaired) electrons. The van der Waals surface area contributed by atoms with Crippen molar-refractivity contribution in [1.29, 1.82) is 0 Å². The van der Waals surface area contributed by atoms with Gasteiger partial charge in [0.1, 0.15) is 5.75 Å². The zero-order chi connectivity index (χ0) is 21.3. The molecule has 1 amide bonds. The van der Waals surface area contributed by atoms with Crippen molar-refractivity contribution in [3.8, 4) is 17.0 Å². The number of carbonyl (C=O) groups is 2. The number of aromatic nitrogens is 1. The molecule has 0 spiro atoms. The van der Waals surface area contributed by atoms with Crippen LogP contribution in [0.1, 0.15) is 46.9 Å². The van der Waals surface area contributed by atoms with Gasteiger partial charge in [-0.15, -0.1) is 11.3 Å². The zero-order valence-electron chi connectivity index (χ0n) is 17.0. The number of hydrogen-bond donors (Lipinski definition) is 1. The van der Waals surface area contributed by atoms with Crippen LogP contribution >= 0.6 is 11.3 Å². The van der Waals surface area contributed by atoms with Gasteiger partial charge >= 0.3 is 5.97 Å². The van der Waals surface area contributed by atoms with Crippen LogP contribution in [-0.4, -0.2) is 30.6 Å². The van der Waals surface area contributed by atoms with Crippen molar-refractivity contribution in [2.45, 2.75) is 26.2 Å². The number of unbranched alkanes of at least 4 members (excludes halogenated alkanes) is 2. The Bertz CT molecular complexity index is 998. The molecule has 1 heterocycles. The second kappa shape index (κ2) is 10.5. The largest absolute Gasteiger partial charge is 0.494 e. The molecule has 6 nitrogen and oxygen atoms in total. The molecule has 0 saturated carbocycles. The van der Waals surface area contributed by atoms with Crippen molar-refractivity contribution in [2.24, 2.45) is 0 Å². The predicted octanol–water partition coefficient (Wildman–Crippen LogP) is 5.42. The summed E-state index contributed by atoms with van der Waals surface area (Å²) in [6.07, 6.45) is 3.25. The van der Waals surface area contributed by atoms with E-state index in [9.17, 15) is 9.59 Å². The molecule has 0 saturated heterocycles. The highest BCUT2D eigenvalue weighted by Crippen LogP contribution is 2.26. The molecule has 0 fully saturated rings. The first-order valence-electron chi connectivity index (χ1n) is 9.79. The molecule has 0 aliphatic carbocycles. The number of esters is 1. The first-order valence-corrected chi connectivity index (χ1v) is 10.7. The molecule has 3 aromatic rings. The van der Waals surface area contributed by atoms with Gasteiger partial charge in [-0.2, -0.15) is 0 Å². The summed E-state index contributed by atoms with van der Waals surface area (Å²) in [5.74, 6) is 0.0598. The van der Waals surface area contributed by atoms with Crippen LogP contribution < -0.4 is 10.1 Å². The lowest BCUT2D eigenvalue weighted by molar-refractivity contribution is 0.0600. The summed E-state index contributed by atoms with van der Waals surface area (Å²) < 4.78 is 10.4. The molecule has 7 heteroatoms. The summed E-state index contributed by atoms with van der Waals surface area (Å²) >= 11 is 1.34.